The maximum absolute atomic E-state index is 11.0. The van der Waals surface area contributed by atoms with Crippen molar-refractivity contribution in [1.29, 1.82) is 0 Å². The van der Waals surface area contributed by atoms with E-state index in [1.54, 1.807) is 6.92 Å². The fourth-order valence-electron chi connectivity index (χ4n) is 1.68. The molecule has 0 atom stereocenters. The van der Waals surface area contributed by atoms with Gasteiger partial charge in [0, 0.05) is 11.3 Å². The van der Waals surface area contributed by atoms with Crippen LogP contribution < -0.4 is 0 Å². The summed E-state index contributed by atoms with van der Waals surface area (Å²) in [4.78, 5) is 15.7. The van der Waals surface area contributed by atoms with Gasteiger partial charge in [0.15, 0.2) is 0 Å². The number of aryl methyl sites for hydroxylation is 1. The molecule has 2 aromatic rings. The van der Waals surface area contributed by atoms with Gasteiger partial charge in [-0.3, -0.25) is 0 Å². The largest absolute Gasteiger partial charge is 0.477 e. The fraction of sp³-hybridized carbons (Fsp3) is 0.286. The highest BCUT2D eigenvalue weighted by atomic mass is 32.2. The van der Waals surface area contributed by atoms with Crippen molar-refractivity contribution in [3.63, 3.8) is 0 Å². The molecule has 1 N–H and O–H groups in total. The van der Waals surface area contributed by atoms with Crippen LogP contribution in [0, 0.1) is 6.92 Å². The van der Waals surface area contributed by atoms with Gasteiger partial charge < -0.3 is 5.11 Å². The Morgan fingerprint density at radius 3 is 2.58 bits per heavy atom. The van der Waals surface area contributed by atoms with Gasteiger partial charge in [-0.1, -0.05) is 31.2 Å². The van der Waals surface area contributed by atoms with E-state index in [1.807, 2.05) is 23.9 Å². The summed E-state index contributed by atoms with van der Waals surface area (Å²) in [6.45, 7) is 3.88. The zero-order valence-corrected chi connectivity index (χ0v) is 12.5. The van der Waals surface area contributed by atoms with Gasteiger partial charge in [-0.2, -0.15) is 11.8 Å². The molecule has 0 bridgehead atoms. The Bertz CT molecular complexity index is 576. The quantitative estimate of drug-likeness (QED) is 0.903. The molecule has 0 saturated heterocycles. The van der Waals surface area contributed by atoms with Crippen molar-refractivity contribution in [1.82, 2.24) is 4.98 Å². The SMILES string of the molecule is CCSCc1ccc(-c2nc(C)c(C(=O)O)s2)cc1. The van der Waals surface area contributed by atoms with Crippen molar-refractivity contribution in [2.75, 3.05) is 5.75 Å². The highest BCUT2D eigenvalue weighted by Gasteiger charge is 2.14. The van der Waals surface area contributed by atoms with E-state index in [9.17, 15) is 4.79 Å². The Morgan fingerprint density at radius 2 is 2.05 bits per heavy atom. The predicted molar refractivity (Wildman–Crippen MR) is 81.1 cm³/mol. The summed E-state index contributed by atoms with van der Waals surface area (Å²) in [6, 6.07) is 8.18. The first-order valence-electron chi connectivity index (χ1n) is 5.99. The van der Waals surface area contributed by atoms with Gasteiger partial charge in [-0.25, -0.2) is 9.78 Å². The smallest absolute Gasteiger partial charge is 0.347 e. The molecule has 3 nitrogen and oxygen atoms in total. The topological polar surface area (TPSA) is 50.2 Å². The van der Waals surface area contributed by atoms with Gasteiger partial charge >= 0.3 is 5.97 Å². The number of rotatable bonds is 5. The lowest BCUT2D eigenvalue weighted by molar-refractivity contribution is 0.0701. The minimum atomic E-state index is -0.905. The Hall–Kier alpha value is -1.33. The number of hydrogen-bond acceptors (Lipinski definition) is 4. The second-order valence-electron chi connectivity index (χ2n) is 4.07. The zero-order chi connectivity index (χ0) is 13.8. The van der Waals surface area contributed by atoms with E-state index in [2.05, 4.69) is 24.0 Å². The van der Waals surface area contributed by atoms with Crippen LogP contribution in [0.3, 0.4) is 0 Å². The Morgan fingerprint density at radius 1 is 1.37 bits per heavy atom. The van der Waals surface area contributed by atoms with Gasteiger partial charge in [-0.05, 0) is 18.2 Å². The van der Waals surface area contributed by atoms with Crippen molar-refractivity contribution < 1.29 is 9.90 Å². The Labute approximate surface area is 120 Å². The second-order valence-corrected chi connectivity index (χ2v) is 6.35. The molecule has 1 aromatic heterocycles. The van der Waals surface area contributed by atoms with Crippen LogP contribution in [0.2, 0.25) is 0 Å². The van der Waals surface area contributed by atoms with Crippen molar-refractivity contribution in [2.24, 2.45) is 0 Å². The molecule has 0 saturated carbocycles. The number of hydrogen-bond donors (Lipinski definition) is 1. The number of aromatic nitrogens is 1. The van der Waals surface area contributed by atoms with Gasteiger partial charge in [0.1, 0.15) is 9.88 Å². The molecule has 19 heavy (non-hydrogen) atoms. The van der Waals surface area contributed by atoms with Crippen molar-refractivity contribution >= 4 is 29.1 Å². The third-order valence-electron chi connectivity index (χ3n) is 2.66. The van der Waals surface area contributed by atoms with Crippen LogP contribution in [0.1, 0.15) is 27.9 Å². The summed E-state index contributed by atoms with van der Waals surface area (Å²) < 4.78 is 0. The normalized spacial score (nSPS) is 10.6. The summed E-state index contributed by atoms with van der Waals surface area (Å²) >= 11 is 3.11. The van der Waals surface area contributed by atoms with E-state index in [4.69, 9.17) is 5.11 Å². The van der Waals surface area contributed by atoms with Crippen molar-refractivity contribution in [3.8, 4) is 10.6 Å². The van der Waals surface area contributed by atoms with Crippen molar-refractivity contribution in [3.05, 3.63) is 40.4 Å². The number of thioether (sulfide) groups is 1. The maximum atomic E-state index is 11.0. The van der Waals surface area contributed by atoms with Crippen LogP contribution >= 0.6 is 23.1 Å². The molecule has 0 unspecified atom stereocenters. The molecule has 0 aliphatic rings. The molecule has 1 heterocycles. The first kappa shape index (κ1) is 14.1. The summed E-state index contributed by atoms with van der Waals surface area (Å²) in [5.74, 6) is 1.21. The van der Waals surface area contributed by atoms with Crippen LogP contribution in [0.4, 0.5) is 0 Å². The lowest BCUT2D eigenvalue weighted by atomic mass is 10.2. The van der Waals surface area contributed by atoms with Crippen LogP contribution in [0.5, 0.6) is 0 Å². The number of thiazole rings is 1. The average Bonchev–Trinajstić information content (AvgIpc) is 2.79. The first-order chi connectivity index (χ1) is 9.11. The second kappa shape index (κ2) is 6.21. The van der Waals surface area contributed by atoms with Crippen LogP contribution in [-0.4, -0.2) is 21.8 Å². The summed E-state index contributed by atoms with van der Waals surface area (Å²) in [5.41, 5.74) is 2.84. The first-order valence-corrected chi connectivity index (χ1v) is 7.96. The number of carboxylic acid groups (broad SMARTS) is 1. The molecule has 0 fully saturated rings. The van der Waals surface area contributed by atoms with E-state index in [0.717, 1.165) is 22.1 Å². The zero-order valence-electron chi connectivity index (χ0n) is 10.8. The Kier molecular flexibility index (Phi) is 4.61. The van der Waals surface area contributed by atoms with E-state index < -0.39 is 5.97 Å². The van der Waals surface area contributed by atoms with Crippen LogP contribution in [0.15, 0.2) is 24.3 Å². The van der Waals surface area contributed by atoms with E-state index in [1.165, 1.54) is 16.9 Å². The maximum Gasteiger partial charge on any atom is 0.347 e. The molecule has 0 spiro atoms. The molecule has 0 aliphatic carbocycles. The van der Waals surface area contributed by atoms with Crippen LogP contribution in [-0.2, 0) is 5.75 Å². The summed E-state index contributed by atoms with van der Waals surface area (Å²) in [5, 5.41) is 9.80. The highest BCUT2D eigenvalue weighted by Crippen LogP contribution is 2.28. The monoisotopic (exact) mass is 293 g/mol. The third-order valence-corrected chi connectivity index (χ3v) is 4.80. The van der Waals surface area contributed by atoms with Gasteiger partial charge in [0.05, 0.1) is 5.69 Å². The Balaban J connectivity index is 2.22. The third kappa shape index (κ3) is 3.36. The van der Waals surface area contributed by atoms with E-state index in [0.29, 0.717) is 10.6 Å². The van der Waals surface area contributed by atoms with E-state index in [-0.39, 0.29) is 0 Å². The molecule has 0 aliphatic heterocycles. The number of nitrogens with zero attached hydrogens (tertiary/aromatic N) is 1. The number of benzene rings is 1. The number of carboxylic acids is 1. The lowest BCUT2D eigenvalue weighted by Crippen LogP contribution is -1.94. The number of carbonyl (C=O) groups is 1. The van der Waals surface area contributed by atoms with Gasteiger partial charge in [0.2, 0.25) is 0 Å². The fourth-order valence-corrected chi connectivity index (χ4v) is 3.22. The summed E-state index contributed by atoms with van der Waals surface area (Å²) in [7, 11) is 0. The highest BCUT2D eigenvalue weighted by molar-refractivity contribution is 7.98. The van der Waals surface area contributed by atoms with Gasteiger partial charge in [0.25, 0.3) is 0 Å². The minimum Gasteiger partial charge on any atom is -0.477 e. The molecule has 2 rings (SSSR count). The van der Waals surface area contributed by atoms with Crippen LogP contribution in [0.25, 0.3) is 10.6 Å². The minimum absolute atomic E-state index is 0.320. The molecule has 100 valence electrons. The van der Waals surface area contributed by atoms with E-state index >= 15 is 0 Å². The molecular formula is C14H15NO2S2. The molecule has 5 heteroatoms. The van der Waals surface area contributed by atoms with Crippen molar-refractivity contribution in [2.45, 2.75) is 19.6 Å². The molecular weight excluding hydrogens is 278 g/mol. The molecule has 1 aromatic carbocycles. The predicted octanol–water partition coefficient (Wildman–Crippen LogP) is 4.07. The number of aromatic carboxylic acids is 1. The summed E-state index contributed by atoms with van der Waals surface area (Å²) in [6.07, 6.45) is 0. The standard InChI is InChI=1S/C14H15NO2S2/c1-3-18-8-10-4-6-11(7-5-10)13-15-9(2)12(19-13)14(16)17/h4-7H,3,8H2,1-2H3,(H,16,17). The lowest BCUT2D eigenvalue weighted by Gasteiger charge is -2.01. The average molecular weight is 293 g/mol. The molecule has 0 amide bonds. The molecule has 0 radical (unpaired) electrons. The van der Waals surface area contributed by atoms with Gasteiger partial charge in [-0.15, -0.1) is 11.3 Å².